The molecule has 2 unspecified atom stereocenters. The van der Waals surface area contributed by atoms with E-state index >= 15 is 0 Å². The van der Waals surface area contributed by atoms with Gasteiger partial charge in [0.25, 0.3) is 0 Å². The van der Waals surface area contributed by atoms with Crippen LogP contribution in [-0.4, -0.2) is 31.7 Å². The van der Waals surface area contributed by atoms with Crippen LogP contribution in [0.5, 0.6) is 0 Å². The minimum atomic E-state index is -3.84. The average Bonchev–Trinajstić information content (AvgIpc) is 3.23. The first kappa shape index (κ1) is 27.0. The van der Waals surface area contributed by atoms with Gasteiger partial charge in [0, 0.05) is 6.42 Å². The minimum Gasteiger partial charge on any atom is -0.460 e. The number of sulfonamides is 1. The van der Waals surface area contributed by atoms with Crippen molar-refractivity contribution in [3.8, 4) is 0 Å². The van der Waals surface area contributed by atoms with Gasteiger partial charge in [-0.2, -0.15) is 4.72 Å². The molecule has 0 saturated heterocycles. The number of rotatable bonds is 11. The monoisotopic (exact) mass is 521 g/mol. The van der Waals surface area contributed by atoms with Crippen molar-refractivity contribution in [2.75, 3.05) is 0 Å². The fraction of sp³-hybridized carbons (Fsp3) is 0.367. The first-order chi connectivity index (χ1) is 17.7. The van der Waals surface area contributed by atoms with Crippen LogP contribution in [0.4, 0.5) is 0 Å². The molecule has 0 aromatic heterocycles. The number of hydrogen-bond acceptors (Lipinski definition) is 5. The predicted octanol–water partition coefficient (Wildman–Crippen LogP) is 4.89. The third-order valence-electron chi connectivity index (χ3n) is 7.07. The lowest BCUT2D eigenvalue weighted by atomic mass is 9.98. The van der Waals surface area contributed by atoms with E-state index in [-0.39, 0.29) is 4.90 Å². The van der Waals surface area contributed by atoms with E-state index in [1.54, 1.807) is 31.2 Å². The number of unbranched alkanes of at least 4 members (excludes halogenated alkanes) is 1. The van der Waals surface area contributed by atoms with E-state index in [9.17, 15) is 18.3 Å². The van der Waals surface area contributed by atoms with Crippen LogP contribution in [0.3, 0.4) is 0 Å². The van der Waals surface area contributed by atoms with E-state index in [4.69, 9.17) is 4.74 Å². The smallest absolute Gasteiger partial charge is 0.311 e. The van der Waals surface area contributed by atoms with E-state index in [1.165, 1.54) is 5.56 Å². The summed E-state index contributed by atoms with van der Waals surface area (Å²) < 4.78 is 34.9. The largest absolute Gasteiger partial charge is 0.460 e. The number of fused-ring (bicyclic) bond motifs is 1. The number of aliphatic hydroxyl groups is 1. The summed E-state index contributed by atoms with van der Waals surface area (Å²) in [7, 11) is -3.84. The molecule has 0 aliphatic heterocycles. The van der Waals surface area contributed by atoms with Gasteiger partial charge in [0.1, 0.15) is 6.10 Å². The molecule has 0 heterocycles. The van der Waals surface area contributed by atoms with Crippen LogP contribution >= 0.6 is 0 Å². The first-order valence-electron chi connectivity index (χ1n) is 12.8. The van der Waals surface area contributed by atoms with Crippen molar-refractivity contribution >= 4 is 16.0 Å². The summed E-state index contributed by atoms with van der Waals surface area (Å²) >= 11 is 0. The van der Waals surface area contributed by atoms with E-state index in [1.807, 2.05) is 49.4 Å². The Morgan fingerprint density at radius 3 is 2.41 bits per heavy atom. The molecule has 1 aliphatic rings. The summed E-state index contributed by atoms with van der Waals surface area (Å²) in [4.78, 5) is 13.2. The molecule has 4 atom stereocenters. The van der Waals surface area contributed by atoms with Gasteiger partial charge in [0.15, 0.2) is 0 Å². The van der Waals surface area contributed by atoms with Gasteiger partial charge < -0.3 is 9.84 Å². The molecule has 0 bridgehead atoms. The normalized spacial score (nSPS) is 18.7. The number of nitrogens with one attached hydrogen (secondary N) is 1. The van der Waals surface area contributed by atoms with E-state index in [0.717, 1.165) is 36.0 Å². The van der Waals surface area contributed by atoms with E-state index in [0.29, 0.717) is 12.8 Å². The maximum atomic E-state index is 13.1. The molecule has 4 rings (SSSR count). The molecular formula is C30H35NO5S. The minimum absolute atomic E-state index is 0.159. The summed E-state index contributed by atoms with van der Waals surface area (Å²) in [6.07, 6.45) is 2.02. The van der Waals surface area contributed by atoms with Crippen LogP contribution in [-0.2, 0) is 32.4 Å². The van der Waals surface area contributed by atoms with Crippen LogP contribution < -0.4 is 4.72 Å². The number of esters is 1. The number of carbonyl (C=O) groups excluding carboxylic acids is 1. The zero-order valence-electron chi connectivity index (χ0n) is 21.3. The van der Waals surface area contributed by atoms with Gasteiger partial charge in [0.2, 0.25) is 10.0 Å². The second kappa shape index (κ2) is 12.0. The number of aryl methyl sites for hydroxylation is 2. The standard InChI is InChI=1S/C30H35NO5S/c1-21-16-18-25(19-17-21)37(34,35)31-29-26-14-8-7-13-24(26)20-28(29)36-30(33)22(2)27(32)15-9-6-12-23-10-4-3-5-11-23/h3-5,7-8,10-11,13-14,16-19,22,27-29,31-32H,6,9,12,15,20H2,1-2H3/t22-,27-,28?,29?/m0/s1. The predicted molar refractivity (Wildman–Crippen MR) is 143 cm³/mol. The molecule has 0 spiro atoms. The maximum absolute atomic E-state index is 13.1. The Labute approximate surface area is 219 Å². The van der Waals surface area contributed by atoms with E-state index in [2.05, 4.69) is 16.9 Å². The number of benzene rings is 3. The lowest BCUT2D eigenvalue weighted by molar-refractivity contribution is -0.158. The van der Waals surface area contributed by atoms with Gasteiger partial charge in [-0.3, -0.25) is 4.79 Å². The number of aliphatic hydroxyl groups excluding tert-OH is 1. The Balaban J connectivity index is 1.38. The van der Waals surface area contributed by atoms with Gasteiger partial charge in [-0.05, 0) is 61.9 Å². The highest BCUT2D eigenvalue weighted by molar-refractivity contribution is 7.89. The van der Waals surface area contributed by atoms with Gasteiger partial charge in [-0.25, -0.2) is 8.42 Å². The fourth-order valence-corrected chi connectivity index (χ4v) is 5.99. The molecule has 2 N–H and O–H groups in total. The third-order valence-corrected chi connectivity index (χ3v) is 8.53. The van der Waals surface area contributed by atoms with Gasteiger partial charge in [-0.15, -0.1) is 0 Å². The lowest BCUT2D eigenvalue weighted by Crippen LogP contribution is -2.38. The quantitative estimate of drug-likeness (QED) is 0.277. The molecule has 0 fully saturated rings. The first-order valence-corrected chi connectivity index (χ1v) is 14.3. The van der Waals surface area contributed by atoms with Crippen LogP contribution in [0.1, 0.15) is 54.5 Å². The van der Waals surface area contributed by atoms with Crippen molar-refractivity contribution < 1.29 is 23.1 Å². The summed E-state index contributed by atoms with van der Waals surface area (Å²) in [5.41, 5.74) is 3.95. The highest BCUT2D eigenvalue weighted by Crippen LogP contribution is 2.35. The Morgan fingerprint density at radius 2 is 1.68 bits per heavy atom. The zero-order valence-corrected chi connectivity index (χ0v) is 22.2. The highest BCUT2D eigenvalue weighted by atomic mass is 32.2. The fourth-order valence-electron chi connectivity index (χ4n) is 4.75. The molecule has 0 radical (unpaired) electrons. The second-order valence-corrected chi connectivity index (χ2v) is 11.6. The number of ether oxygens (including phenoxy) is 1. The average molecular weight is 522 g/mol. The number of carbonyl (C=O) groups is 1. The van der Waals surface area contributed by atoms with Crippen molar-refractivity contribution in [3.63, 3.8) is 0 Å². The van der Waals surface area contributed by atoms with E-state index < -0.39 is 40.2 Å². The van der Waals surface area contributed by atoms with Gasteiger partial charge >= 0.3 is 5.97 Å². The van der Waals surface area contributed by atoms with Crippen molar-refractivity contribution in [1.29, 1.82) is 0 Å². The summed E-state index contributed by atoms with van der Waals surface area (Å²) in [5.74, 6) is -1.23. The molecule has 196 valence electrons. The lowest BCUT2D eigenvalue weighted by Gasteiger charge is -2.25. The zero-order chi connectivity index (χ0) is 26.4. The van der Waals surface area contributed by atoms with Crippen LogP contribution in [0.2, 0.25) is 0 Å². The van der Waals surface area contributed by atoms with Crippen LogP contribution in [0.15, 0.2) is 83.8 Å². The Hall–Kier alpha value is -3.00. The molecule has 3 aromatic carbocycles. The Bertz CT molecular complexity index is 1290. The highest BCUT2D eigenvalue weighted by Gasteiger charge is 2.39. The third kappa shape index (κ3) is 6.86. The van der Waals surface area contributed by atoms with Crippen LogP contribution in [0, 0.1) is 12.8 Å². The molecule has 0 amide bonds. The number of hydrogen-bond donors (Lipinski definition) is 2. The molecule has 6 nitrogen and oxygen atoms in total. The second-order valence-electron chi connectivity index (χ2n) is 9.88. The topological polar surface area (TPSA) is 92.7 Å². The molecule has 7 heteroatoms. The SMILES string of the molecule is Cc1ccc(S(=O)(=O)NC2c3ccccc3CC2OC(=O)[C@@H](C)[C@@H](O)CCCCc2ccccc2)cc1. The molecular weight excluding hydrogens is 486 g/mol. The Morgan fingerprint density at radius 1 is 1.00 bits per heavy atom. The summed E-state index contributed by atoms with van der Waals surface area (Å²) in [5, 5.41) is 10.6. The van der Waals surface area contributed by atoms with Crippen molar-refractivity contribution in [2.24, 2.45) is 5.92 Å². The maximum Gasteiger partial charge on any atom is 0.311 e. The van der Waals surface area contributed by atoms with Gasteiger partial charge in [-0.1, -0.05) is 78.7 Å². The molecule has 0 saturated carbocycles. The van der Waals surface area contributed by atoms with Crippen molar-refractivity contribution in [1.82, 2.24) is 4.72 Å². The van der Waals surface area contributed by atoms with Gasteiger partial charge in [0.05, 0.1) is 23.0 Å². The Kier molecular flexibility index (Phi) is 8.79. The van der Waals surface area contributed by atoms with Crippen LogP contribution in [0.25, 0.3) is 0 Å². The summed E-state index contributed by atoms with van der Waals surface area (Å²) in [6.45, 7) is 3.56. The molecule has 1 aliphatic carbocycles. The summed E-state index contributed by atoms with van der Waals surface area (Å²) in [6, 6.07) is 23.6. The molecule has 3 aromatic rings. The van der Waals surface area contributed by atoms with Crippen molar-refractivity contribution in [3.05, 3.63) is 101 Å². The molecule has 37 heavy (non-hydrogen) atoms. The van der Waals surface area contributed by atoms with Crippen molar-refractivity contribution in [2.45, 2.75) is 69.1 Å².